The van der Waals surface area contributed by atoms with Crippen molar-refractivity contribution in [3.8, 4) is 0 Å². The van der Waals surface area contributed by atoms with Crippen molar-refractivity contribution in [2.45, 2.75) is 26.3 Å². The monoisotopic (exact) mass is 247 g/mol. The van der Waals surface area contributed by atoms with Crippen LogP contribution in [-0.4, -0.2) is 25.9 Å². The summed E-state index contributed by atoms with van der Waals surface area (Å²) in [5, 5.41) is 8.54. The third kappa shape index (κ3) is 4.78. The lowest BCUT2D eigenvalue weighted by Gasteiger charge is -2.04. The second kappa shape index (κ2) is 6.03. The summed E-state index contributed by atoms with van der Waals surface area (Å²) < 4.78 is 30.6. The molecule has 1 aromatic rings. The van der Waals surface area contributed by atoms with Gasteiger partial charge in [0.2, 0.25) is 10.0 Å². The maximum Gasteiger partial charge on any atom is 0.212 e. The summed E-state index contributed by atoms with van der Waals surface area (Å²) >= 11 is 0. The Labute approximate surface area is 95.5 Å². The van der Waals surface area contributed by atoms with E-state index in [1.54, 1.807) is 19.1 Å². The topological polar surface area (TPSA) is 79.5 Å². The minimum Gasteiger partial charge on any atom is -0.465 e. The first-order valence-electron chi connectivity index (χ1n) is 5.17. The quantitative estimate of drug-likeness (QED) is 0.698. The molecule has 92 valence electrons. The lowest BCUT2D eigenvalue weighted by molar-refractivity contribution is 0.287. The molecule has 1 aromatic heterocycles. The van der Waals surface area contributed by atoms with E-state index in [0.717, 1.165) is 5.76 Å². The molecule has 0 aliphatic rings. The lowest BCUT2D eigenvalue weighted by atomic mass is 10.4. The predicted molar refractivity (Wildman–Crippen MR) is 60.4 cm³/mol. The van der Waals surface area contributed by atoms with Gasteiger partial charge in [0.15, 0.2) is 0 Å². The molecule has 0 saturated heterocycles. The zero-order chi connectivity index (χ0) is 12.0. The van der Waals surface area contributed by atoms with Gasteiger partial charge in [-0.1, -0.05) is 0 Å². The maximum absolute atomic E-state index is 11.5. The van der Waals surface area contributed by atoms with Crippen molar-refractivity contribution < 1.29 is 17.9 Å². The molecule has 1 rings (SSSR count). The molecule has 0 unspecified atom stereocenters. The van der Waals surface area contributed by atoms with Gasteiger partial charge in [0.1, 0.15) is 11.5 Å². The van der Waals surface area contributed by atoms with E-state index in [0.29, 0.717) is 18.6 Å². The Hall–Kier alpha value is -0.850. The minimum absolute atomic E-state index is 0.0207. The number of hydrogen-bond acceptors (Lipinski definition) is 4. The molecule has 16 heavy (non-hydrogen) atoms. The Morgan fingerprint density at radius 1 is 1.38 bits per heavy atom. The number of nitrogens with one attached hydrogen (secondary N) is 1. The summed E-state index contributed by atoms with van der Waals surface area (Å²) in [7, 11) is -3.26. The van der Waals surface area contributed by atoms with Gasteiger partial charge in [0, 0.05) is 6.61 Å². The molecule has 0 aliphatic carbocycles. The SMILES string of the molecule is Cc1ccc(CNS(=O)(=O)CCCCO)o1. The van der Waals surface area contributed by atoms with Gasteiger partial charge < -0.3 is 9.52 Å². The van der Waals surface area contributed by atoms with Gasteiger partial charge in [-0.25, -0.2) is 13.1 Å². The van der Waals surface area contributed by atoms with Crippen molar-refractivity contribution in [2.24, 2.45) is 0 Å². The van der Waals surface area contributed by atoms with Gasteiger partial charge in [-0.2, -0.15) is 0 Å². The lowest BCUT2D eigenvalue weighted by Crippen LogP contribution is -2.25. The van der Waals surface area contributed by atoms with Crippen LogP contribution in [0.15, 0.2) is 16.5 Å². The van der Waals surface area contributed by atoms with E-state index in [9.17, 15) is 8.42 Å². The highest BCUT2D eigenvalue weighted by atomic mass is 32.2. The number of aliphatic hydroxyl groups excluding tert-OH is 1. The van der Waals surface area contributed by atoms with E-state index in [2.05, 4.69) is 4.72 Å². The van der Waals surface area contributed by atoms with Crippen molar-refractivity contribution in [3.63, 3.8) is 0 Å². The number of unbranched alkanes of at least 4 members (excludes halogenated alkanes) is 1. The van der Waals surface area contributed by atoms with Crippen molar-refractivity contribution in [1.29, 1.82) is 0 Å². The van der Waals surface area contributed by atoms with Crippen LogP contribution >= 0.6 is 0 Å². The molecule has 5 nitrogen and oxygen atoms in total. The smallest absolute Gasteiger partial charge is 0.212 e. The van der Waals surface area contributed by atoms with Crippen molar-refractivity contribution in [1.82, 2.24) is 4.72 Å². The van der Waals surface area contributed by atoms with Crippen molar-refractivity contribution >= 4 is 10.0 Å². The molecule has 0 amide bonds. The van der Waals surface area contributed by atoms with Crippen LogP contribution in [0.25, 0.3) is 0 Å². The molecule has 2 N–H and O–H groups in total. The summed E-state index contributed by atoms with van der Waals surface area (Å²) in [4.78, 5) is 0. The number of sulfonamides is 1. The largest absolute Gasteiger partial charge is 0.465 e. The molecule has 0 aliphatic heterocycles. The van der Waals surface area contributed by atoms with Gasteiger partial charge in [-0.3, -0.25) is 0 Å². The molecule has 0 aromatic carbocycles. The van der Waals surface area contributed by atoms with Crippen LogP contribution in [0.3, 0.4) is 0 Å². The van der Waals surface area contributed by atoms with E-state index in [4.69, 9.17) is 9.52 Å². The highest BCUT2D eigenvalue weighted by molar-refractivity contribution is 7.89. The van der Waals surface area contributed by atoms with E-state index >= 15 is 0 Å². The molecule has 0 saturated carbocycles. The zero-order valence-corrected chi connectivity index (χ0v) is 10.1. The first-order valence-corrected chi connectivity index (χ1v) is 6.82. The predicted octanol–water partition coefficient (Wildman–Crippen LogP) is 0.780. The summed E-state index contributed by atoms with van der Waals surface area (Å²) in [6.07, 6.45) is 0.962. The normalized spacial score (nSPS) is 11.9. The number of rotatable bonds is 7. The average molecular weight is 247 g/mol. The van der Waals surface area contributed by atoms with Crippen LogP contribution in [0, 0.1) is 6.92 Å². The van der Waals surface area contributed by atoms with Crippen LogP contribution in [0.2, 0.25) is 0 Å². The fraction of sp³-hybridized carbons (Fsp3) is 0.600. The minimum atomic E-state index is -3.26. The zero-order valence-electron chi connectivity index (χ0n) is 9.27. The third-order valence-corrected chi connectivity index (χ3v) is 3.49. The van der Waals surface area contributed by atoms with Gasteiger partial charge in [0.25, 0.3) is 0 Å². The standard InChI is InChI=1S/C10H17NO4S/c1-9-4-5-10(15-9)8-11-16(13,14)7-3-2-6-12/h4-5,11-12H,2-3,6-8H2,1H3. The van der Waals surface area contributed by atoms with E-state index in [1.807, 2.05) is 0 Å². The highest BCUT2D eigenvalue weighted by Gasteiger charge is 2.10. The third-order valence-electron chi connectivity index (χ3n) is 2.08. The van der Waals surface area contributed by atoms with Gasteiger partial charge in [-0.05, 0) is 31.9 Å². The van der Waals surface area contributed by atoms with Crippen molar-refractivity contribution in [3.05, 3.63) is 23.7 Å². The molecule has 6 heteroatoms. The molecule has 0 spiro atoms. The summed E-state index contributed by atoms with van der Waals surface area (Å²) in [5.74, 6) is 1.39. The Morgan fingerprint density at radius 2 is 2.12 bits per heavy atom. The Morgan fingerprint density at radius 3 is 2.69 bits per heavy atom. The maximum atomic E-state index is 11.5. The van der Waals surface area contributed by atoms with E-state index in [-0.39, 0.29) is 18.9 Å². The van der Waals surface area contributed by atoms with Gasteiger partial charge in [-0.15, -0.1) is 0 Å². The van der Waals surface area contributed by atoms with Crippen LogP contribution in [0.1, 0.15) is 24.4 Å². The summed E-state index contributed by atoms with van der Waals surface area (Å²) in [6.45, 7) is 2.00. The Balaban J connectivity index is 2.36. The molecule has 1 heterocycles. The second-order valence-corrected chi connectivity index (χ2v) is 5.51. The Bertz CT molecular complexity index is 410. The second-order valence-electron chi connectivity index (χ2n) is 3.58. The number of furan rings is 1. The fourth-order valence-electron chi connectivity index (χ4n) is 1.24. The summed E-state index contributed by atoms with van der Waals surface area (Å²) in [6, 6.07) is 3.53. The number of aliphatic hydroxyl groups is 1. The first kappa shape index (κ1) is 13.2. The first-order chi connectivity index (χ1) is 7.53. The molecular weight excluding hydrogens is 230 g/mol. The van der Waals surface area contributed by atoms with E-state index in [1.165, 1.54) is 0 Å². The number of aryl methyl sites for hydroxylation is 1. The van der Waals surface area contributed by atoms with Crippen molar-refractivity contribution in [2.75, 3.05) is 12.4 Å². The summed E-state index contributed by atoms with van der Waals surface area (Å²) in [5.41, 5.74) is 0. The van der Waals surface area contributed by atoms with Crippen LogP contribution < -0.4 is 4.72 Å². The van der Waals surface area contributed by atoms with Crippen LogP contribution in [-0.2, 0) is 16.6 Å². The molecule has 0 fully saturated rings. The molecule has 0 bridgehead atoms. The Kier molecular flexibility index (Phi) is 4.98. The number of hydrogen-bond donors (Lipinski definition) is 2. The van der Waals surface area contributed by atoms with Crippen LogP contribution in [0.4, 0.5) is 0 Å². The molecule has 0 atom stereocenters. The average Bonchev–Trinajstić information content (AvgIpc) is 2.62. The fourth-order valence-corrected chi connectivity index (χ4v) is 2.33. The molecular formula is C10H17NO4S. The van der Waals surface area contributed by atoms with E-state index < -0.39 is 10.0 Å². The molecule has 0 radical (unpaired) electrons. The van der Waals surface area contributed by atoms with Gasteiger partial charge >= 0.3 is 0 Å². The van der Waals surface area contributed by atoms with Gasteiger partial charge in [0.05, 0.1) is 12.3 Å². The highest BCUT2D eigenvalue weighted by Crippen LogP contribution is 2.06. The van der Waals surface area contributed by atoms with Crippen LogP contribution in [0.5, 0.6) is 0 Å².